The minimum Gasteiger partial charge on any atom is -0.392 e. The van der Waals surface area contributed by atoms with Gasteiger partial charge in [-0.25, -0.2) is 19.6 Å². The lowest BCUT2D eigenvalue weighted by Crippen LogP contribution is -2.45. The van der Waals surface area contributed by atoms with Gasteiger partial charge in [0.2, 0.25) is 11.9 Å². The zero-order valence-corrected chi connectivity index (χ0v) is 25.9. The molecule has 3 amide bonds. The fourth-order valence-electron chi connectivity index (χ4n) is 6.39. The molecular weight excluding hydrogens is 657 g/mol. The topological polar surface area (TPSA) is 172 Å². The molecular formula is C30H28ClF3N10O4. The summed E-state index contributed by atoms with van der Waals surface area (Å²) in [6.45, 7) is 1.45. The Hall–Kier alpha value is -4.87. The molecule has 0 spiro atoms. The van der Waals surface area contributed by atoms with E-state index >= 15 is 0 Å². The number of hydrogen-bond donors (Lipinski definition) is 4. The highest BCUT2D eigenvalue weighted by molar-refractivity contribution is 6.34. The van der Waals surface area contributed by atoms with Gasteiger partial charge < -0.3 is 30.5 Å². The molecule has 48 heavy (non-hydrogen) atoms. The van der Waals surface area contributed by atoms with Crippen molar-refractivity contribution in [2.45, 2.75) is 30.8 Å². The number of β-amino-alcohol motifs (C(OH)–C–C–N with tert-alkyl or cyclic N) is 1. The summed E-state index contributed by atoms with van der Waals surface area (Å²) in [7, 11) is 1.40. The molecule has 2 aliphatic heterocycles. The Balaban J connectivity index is 0.994. The van der Waals surface area contributed by atoms with E-state index in [0.29, 0.717) is 26.1 Å². The Morgan fingerprint density at radius 2 is 1.81 bits per heavy atom. The molecule has 0 bridgehead atoms. The summed E-state index contributed by atoms with van der Waals surface area (Å²) < 4.78 is 43.9. The number of rotatable bonds is 7. The number of likely N-dealkylation sites (tertiary alicyclic amines) is 1. The lowest BCUT2D eigenvalue weighted by atomic mass is 10.1. The van der Waals surface area contributed by atoms with E-state index in [4.69, 9.17) is 11.6 Å². The zero-order chi connectivity index (χ0) is 33.9. The van der Waals surface area contributed by atoms with Gasteiger partial charge in [-0.2, -0.15) is 18.3 Å². The highest BCUT2D eigenvalue weighted by Gasteiger charge is 2.58. The van der Waals surface area contributed by atoms with Crippen LogP contribution in [0.1, 0.15) is 33.1 Å². The summed E-state index contributed by atoms with van der Waals surface area (Å²) in [5.41, 5.74) is -1.12. The van der Waals surface area contributed by atoms with E-state index in [0.717, 1.165) is 17.1 Å². The first-order valence-electron chi connectivity index (χ1n) is 15.0. The van der Waals surface area contributed by atoms with E-state index in [1.807, 2.05) is 0 Å². The molecule has 250 valence electrons. The van der Waals surface area contributed by atoms with Gasteiger partial charge in [0.15, 0.2) is 11.5 Å². The van der Waals surface area contributed by atoms with Crippen molar-refractivity contribution in [1.82, 2.24) is 44.8 Å². The second-order valence-corrected chi connectivity index (χ2v) is 12.4. The molecule has 5 heterocycles. The van der Waals surface area contributed by atoms with Crippen molar-refractivity contribution in [2.75, 3.05) is 25.0 Å². The van der Waals surface area contributed by atoms with E-state index < -0.39 is 29.8 Å². The summed E-state index contributed by atoms with van der Waals surface area (Å²) in [5.74, 6) is -1.14. The second kappa shape index (κ2) is 12.0. The van der Waals surface area contributed by atoms with Gasteiger partial charge in [0, 0.05) is 68.8 Å². The second-order valence-electron chi connectivity index (χ2n) is 12.0. The molecule has 3 fully saturated rings. The molecule has 4 N–H and O–H groups in total. The van der Waals surface area contributed by atoms with E-state index in [1.54, 1.807) is 4.90 Å². The van der Waals surface area contributed by atoms with Gasteiger partial charge >= 0.3 is 6.18 Å². The largest absolute Gasteiger partial charge is 0.435 e. The molecule has 2 saturated heterocycles. The average Bonchev–Trinajstić information content (AvgIpc) is 3.64. The molecule has 1 aromatic carbocycles. The maximum Gasteiger partial charge on any atom is 0.435 e. The number of aliphatic hydroxyl groups excluding tert-OH is 1. The van der Waals surface area contributed by atoms with Crippen LogP contribution in [0.3, 0.4) is 0 Å². The van der Waals surface area contributed by atoms with Gasteiger partial charge in [0.1, 0.15) is 0 Å². The SMILES string of the molecule is Cn1c(-c2cn(-c3ncccn3)nc2C(F)(F)F)cnc1C(=O)Nc1ccc(C(=O)NC2[C@H]3CN(C(=O)[C@@H]4C[C@@H](O)CN4)C[C@@H]23)c(Cl)c1. The number of carbonyl (C=O) groups is 3. The maximum atomic E-state index is 13.9. The van der Waals surface area contributed by atoms with Crippen molar-refractivity contribution in [2.24, 2.45) is 18.9 Å². The molecule has 7 rings (SSSR count). The number of hydrogen-bond acceptors (Lipinski definition) is 9. The number of halogens is 4. The molecule has 5 atom stereocenters. The van der Waals surface area contributed by atoms with Crippen LogP contribution in [0.4, 0.5) is 18.9 Å². The number of nitrogens with zero attached hydrogens (tertiary/aromatic N) is 7. The number of piperidine rings is 1. The molecule has 3 aromatic heterocycles. The number of aliphatic hydroxyl groups is 1. The first-order valence-corrected chi connectivity index (χ1v) is 15.3. The van der Waals surface area contributed by atoms with Crippen molar-refractivity contribution in [3.05, 3.63) is 71.2 Å². The molecule has 1 aliphatic carbocycles. The third kappa shape index (κ3) is 5.88. The van der Waals surface area contributed by atoms with E-state index in [1.165, 1.54) is 48.3 Å². The third-order valence-corrected chi connectivity index (χ3v) is 9.20. The third-order valence-electron chi connectivity index (χ3n) is 8.89. The standard InChI is InChI=1S/C30H28ClF3N10O4/c1-42-22(19-13-44(29-35-5-2-6-36-29)41-24(19)30(32,33)34)10-38-25(42)27(47)39-14-3-4-16(20(31)7-14)26(46)40-23-17-11-43(12-18(17)23)28(48)21-8-15(45)9-37-21/h2-7,10,13,15,17-18,21,23,37,45H,8-9,11-12H2,1H3,(H,39,47)(H,40,46)/t15-,17-,18+,21+,23?/m1/s1. The monoisotopic (exact) mass is 684 g/mol. The quantitative estimate of drug-likeness (QED) is 0.227. The highest BCUT2D eigenvalue weighted by atomic mass is 35.5. The van der Waals surface area contributed by atoms with Gasteiger partial charge in [-0.1, -0.05) is 11.6 Å². The minimum absolute atomic E-state index is 0.0222. The molecule has 3 aliphatic rings. The first kappa shape index (κ1) is 31.7. The number of amides is 3. The average molecular weight is 685 g/mol. The van der Waals surface area contributed by atoms with Crippen LogP contribution in [0.15, 0.2) is 49.1 Å². The minimum atomic E-state index is -4.82. The lowest BCUT2D eigenvalue weighted by Gasteiger charge is -2.23. The molecule has 18 heteroatoms. The van der Waals surface area contributed by atoms with Crippen molar-refractivity contribution in [3.63, 3.8) is 0 Å². The number of aromatic nitrogens is 6. The van der Waals surface area contributed by atoms with E-state index in [2.05, 4.69) is 36.0 Å². The summed E-state index contributed by atoms with van der Waals surface area (Å²) in [5, 5.41) is 22.0. The Morgan fingerprint density at radius 1 is 1.08 bits per heavy atom. The van der Waals surface area contributed by atoms with Crippen LogP contribution in [0.5, 0.6) is 0 Å². The number of carbonyl (C=O) groups excluding carboxylic acids is 3. The predicted octanol–water partition coefficient (Wildman–Crippen LogP) is 1.90. The van der Waals surface area contributed by atoms with Crippen molar-refractivity contribution < 1.29 is 32.7 Å². The van der Waals surface area contributed by atoms with Crippen LogP contribution < -0.4 is 16.0 Å². The van der Waals surface area contributed by atoms with Gasteiger partial charge in [0.25, 0.3) is 11.8 Å². The van der Waals surface area contributed by atoms with Crippen LogP contribution in [0, 0.1) is 11.8 Å². The number of nitrogens with one attached hydrogen (secondary N) is 3. The highest BCUT2D eigenvalue weighted by Crippen LogP contribution is 2.46. The number of fused-ring (bicyclic) bond motifs is 1. The van der Waals surface area contributed by atoms with E-state index in [9.17, 15) is 32.7 Å². The van der Waals surface area contributed by atoms with Crippen molar-refractivity contribution >= 4 is 35.0 Å². The van der Waals surface area contributed by atoms with Gasteiger partial charge in [-0.3, -0.25) is 14.4 Å². The Labute approximate surface area is 275 Å². The Kier molecular flexibility index (Phi) is 7.92. The molecule has 0 radical (unpaired) electrons. The van der Waals surface area contributed by atoms with Gasteiger partial charge in [0.05, 0.1) is 40.2 Å². The number of anilines is 1. The van der Waals surface area contributed by atoms with E-state index in [-0.39, 0.29) is 69.1 Å². The first-order chi connectivity index (χ1) is 22.9. The van der Waals surface area contributed by atoms with Crippen LogP contribution in [0.25, 0.3) is 17.2 Å². The van der Waals surface area contributed by atoms with Crippen LogP contribution in [0.2, 0.25) is 5.02 Å². The van der Waals surface area contributed by atoms with Gasteiger partial charge in [-0.15, -0.1) is 0 Å². The summed E-state index contributed by atoms with van der Waals surface area (Å²) in [4.78, 5) is 52.6. The molecule has 4 aromatic rings. The molecule has 14 nitrogen and oxygen atoms in total. The summed E-state index contributed by atoms with van der Waals surface area (Å²) in [6.07, 6.45) is 0.0391. The van der Waals surface area contributed by atoms with Crippen molar-refractivity contribution in [3.8, 4) is 17.2 Å². The fourth-order valence-corrected chi connectivity index (χ4v) is 6.66. The van der Waals surface area contributed by atoms with Gasteiger partial charge in [-0.05, 0) is 30.7 Å². The number of imidazole rings is 1. The maximum absolute atomic E-state index is 13.9. The normalized spacial score (nSPS) is 23.2. The zero-order valence-electron chi connectivity index (χ0n) is 25.1. The lowest BCUT2D eigenvalue weighted by molar-refractivity contribution is -0.140. The van der Waals surface area contributed by atoms with Crippen molar-refractivity contribution in [1.29, 1.82) is 0 Å². The van der Waals surface area contributed by atoms with Crippen LogP contribution in [-0.2, 0) is 18.0 Å². The smallest absolute Gasteiger partial charge is 0.392 e. The molecule has 1 unspecified atom stereocenters. The number of benzene rings is 1. The fraction of sp³-hybridized carbons (Fsp3) is 0.367. The molecule has 1 saturated carbocycles. The Bertz CT molecular complexity index is 1900. The summed E-state index contributed by atoms with van der Waals surface area (Å²) in [6, 6.07) is 5.36. The Morgan fingerprint density at radius 3 is 2.46 bits per heavy atom. The van der Waals surface area contributed by atoms with Crippen LogP contribution >= 0.6 is 11.6 Å². The van der Waals surface area contributed by atoms with Crippen LogP contribution in [-0.4, -0.2) is 94.8 Å². The predicted molar refractivity (Wildman–Crippen MR) is 163 cm³/mol. The number of alkyl halides is 3. The summed E-state index contributed by atoms with van der Waals surface area (Å²) >= 11 is 6.42.